The molecule has 5 aliphatic rings. The van der Waals surface area contributed by atoms with Crippen LogP contribution in [0.2, 0.25) is 0 Å². The number of ether oxygens (including phenoxy) is 6. The van der Waals surface area contributed by atoms with Crippen molar-refractivity contribution in [1.29, 1.82) is 0 Å². The molecule has 1 aromatic carbocycles. The Bertz CT molecular complexity index is 1570. The molecule has 1 saturated carbocycles. The van der Waals surface area contributed by atoms with Crippen LogP contribution in [0.1, 0.15) is 90.2 Å². The monoisotopic (exact) mass is 738 g/mol. The molecule has 0 bridgehead atoms. The van der Waals surface area contributed by atoms with E-state index in [2.05, 4.69) is 23.8 Å². The maximum Gasteiger partial charge on any atom is 0.410 e. The first-order valence-corrected chi connectivity index (χ1v) is 18.8. The van der Waals surface area contributed by atoms with Crippen LogP contribution in [0.15, 0.2) is 37.4 Å². The number of unbranched alkanes of at least 4 members (excludes halogenated alkanes) is 3. The second-order valence-electron chi connectivity index (χ2n) is 15.6. The van der Waals surface area contributed by atoms with Gasteiger partial charge >= 0.3 is 12.2 Å². The topological polar surface area (TPSA) is 154 Å². The van der Waals surface area contributed by atoms with Crippen LogP contribution in [0.5, 0.6) is 11.5 Å². The Morgan fingerprint density at radius 3 is 2.55 bits per heavy atom. The number of rotatable bonds is 13. The van der Waals surface area contributed by atoms with Crippen LogP contribution in [-0.2, 0) is 41.6 Å². The Labute approximate surface area is 311 Å². The van der Waals surface area contributed by atoms with E-state index >= 15 is 0 Å². The molecule has 2 saturated heterocycles. The number of allylic oxidation sites excluding steroid dienone is 1. The van der Waals surface area contributed by atoms with Gasteiger partial charge in [-0.25, -0.2) is 9.59 Å². The van der Waals surface area contributed by atoms with Gasteiger partial charge in [0.1, 0.15) is 23.8 Å². The highest BCUT2D eigenvalue weighted by Crippen LogP contribution is 2.51. The second kappa shape index (κ2) is 16.0. The SMILES string of the molecule is C=CCCCCC[C@H](NC(=O)OC(C)(C)C)C(=O)N1C[C@H](OC(=O)N2Cc3ccc4c(c3C2)OCCCO4)C[C@H]1C(=O)N[C@]1(C2OC(C)O2)C[C@H]1C=C. The summed E-state index contributed by atoms with van der Waals surface area (Å²) in [6.07, 6.45) is 5.39. The van der Waals surface area contributed by atoms with Crippen LogP contribution in [-0.4, -0.2) is 95.5 Å². The zero-order valence-corrected chi connectivity index (χ0v) is 31.4. The Morgan fingerprint density at radius 1 is 1.08 bits per heavy atom. The van der Waals surface area contributed by atoms with E-state index in [1.165, 1.54) is 4.90 Å². The molecule has 1 aromatic rings. The molecule has 0 radical (unpaired) electrons. The molecule has 53 heavy (non-hydrogen) atoms. The van der Waals surface area contributed by atoms with Gasteiger partial charge in [0.05, 0.1) is 31.8 Å². The van der Waals surface area contributed by atoms with Gasteiger partial charge in [0.2, 0.25) is 11.8 Å². The summed E-state index contributed by atoms with van der Waals surface area (Å²) in [7, 11) is 0. The Kier molecular flexibility index (Phi) is 11.6. The van der Waals surface area contributed by atoms with Crippen LogP contribution in [0.25, 0.3) is 0 Å². The van der Waals surface area contributed by atoms with Crippen molar-refractivity contribution in [3.05, 3.63) is 48.6 Å². The van der Waals surface area contributed by atoms with E-state index in [-0.39, 0.29) is 25.4 Å². The third-order valence-corrected chi connectivity index (χ3v) is 10.3. The van der Waals surface area contributed by atoms with Crippen LogP contribution in [0, 0.1) is 5.92 Å². The van der Waals surface area contributed by atoms with E-state index in [0.717, 1.165) is 36.8 Å². The Hall–Kier alpha value is -4.30. The third-order valence-electron chi connectivity index (χ3n) is 10.3. The minimum atomic E-state index is -0.999. The number of carbonyl (C=O) groups is 4. The highest BCUT2D eigenvalue weighted by Gasteiger charge is 2.64. The number of hydrogen-bond donors (Lipinski definition) is 2. The van der Waals surface area contributed by atoms with Crippen LogP contribution in [0.4, 0.5) is 9.59 Å². The molecular formula is C39H54N4O10. The molecule has 0 unspecified atom stereocenters. The molecule has 4 aliphatic heterocycles. The van der Waals surface area contributed by atoms with Gasteiger partial charge in [0.15, 0.2) is 24.1 Å². The van der Waals surface area contributed by atoms with Crippen LogP contribution in [0.3, 0.4) is 0 Å². The van der Waals surface area contributed by atoms with Crippen molar-refractivity contribution in [2.45, 2.75) is 134 Å². The molecule has 3 fully saturated rings. The number of likely N-dealkylation sites (tertiary alicyclic amines) is 1. The summed E-state index contributed by atoms with van der Waals surface area (Å²) in [5.74, 6) is 0.342. The van der Waals surface area contributed by atoms with Gasteiger partial charge in [-0.1, -0.05) is 31.1 Å². The number of nitrogens with zero attached hydrogens (tertiary/aromatic N) is 2. The van der Waals surface area contributed by atoms with Gasteiger partial charge in [-0.2, -0.15) is 0 Å². The first kappa shape index (κ1) is 38.4. The predicted molar refractivity (Wildman–Crippen MR) is 193 cm³/mol. The number of nitrogens with one attached hydrogen (secondary N) is 2. The van der Waals surface area contributed by atoms with E-state index < -0.39 is 65.9 Å². The predicted octanol–water partition coefficient (Wildman–Crippen LogP) is 5.08. The average molecular weight is 739 g/mol. The van der Waals surface area contributed by atoms with Crippen molar-refractivity contribution in [2.75, 3.05) is 19.8 Å². The standard InChI is InChI=1S/C39H54N4O10/c1-7-9-10-11-12-14-29(40-36(46)53-38(4,5)6)34(45)43-22-27(19-30(43)33(44)41-39(20-26(39)8-2)35-50-24(3)51-35)52-37(47)42-21-25-15-16-31-32(28(25)23-42)49-18-13-17-48-31/h7-8,15-16,24,26-27,29-30,35H,1-2,9-14,17-23H2,3-6H3,(H,40,46)(H,41,44)/t24?,26-,27-,29+,30+,35?,39-/m1/s1. The average Bonchev–Trinajstić information content (AvgIpc) is 3.47. The maximum absolute atomic E-state index is 14.4. The number of carbonyl (C=O) groups excluding carboxylic acids is 4. The van der Waals surface area contributed by atoms with E-state index in [1.54, 1.807) is 38.7 Å². The number of fused-ring (bicyclic) bond motifs is 3. The fourth-order valence-corrected chi connectivity index (χ4v) is 7.54. The van der Waals surface area contributed by atoms with E-state index in [9.17, 15) is 19.2 Å². The summed E-state index contributed by atoms with van der Waals surface area (Å²) in [4.78, 5) is 58.3. The Morgan fingerprint density at radius 2 is 1.85 bits per heavy atom. The highest BCUT2D eigenvalue weighted by atomic mass is 16.9. The largest absolute Gasteiger partial charge is 0.490 e. The summed E-state index contributed by atoms with van der Waals surface area (Å²) in [6.45, 7) is 16.3. The van der Waals surface area contributed by atoms with Gasteiger partial charge in [-0.15, -0.1) is 13.2 Å². The lowest BCUT2D eigenvalue weighted by Crippen LogP contribution is -2.60. The summed E-state index contributed by atoms with van der Waals surface area (Å²) >= 11 is 0. The smallest absolute Gasteiger partial charge is 0.410 e. The van der Waals surface area contributed by atoms with Crippen LogP contribution >= 0.6 is 0 Å². The Balaban J connectivity index is 1.19. The van der Waals surface area contributed by atoms with Crippen molar-refractivity contribution in [1.82, 2.24) is 20.4 Å². The molecule has 14 heteroatoms. The molecular weight excluding hydrogens is 684 g/mol. The lowest BCUT2D eigenvalue weighted by molar-refractivity contribution is -0.388. The molecule has 2 N–H and O–H groups in total. The van der Waals surface area contributed by atoms with Gasteiger partial charge in [0, 0.05) is 30.9 Å². The summed E-state index contributed by atoms with van der Waals surface area (Å²) in [6, 6.07) is 1.83. The maximum atomic E-state index is 14.4. The minimum absolute atomic E-state index is 0.0376. The quantitative estimate of drug-likeness (QED) is 0.207. The number of benzene rings is 1. The molecule has 0 aromatic heterocycles. The minimum Gasteiger partial charge on any atom is -0.490 e. The van der Waals surface area contributed by atoms with Gasteiger partial charge in [-0.3, -0.25) is 14.5 Å². The van der Waals surface area contributed by atoms with E-state index in [1.807, 2.05) is 18.2 Å². The van der Waals surface area contributed by atoms with Crippen molar-refractivity contribution in [3.8, 4) is 11.5 Å². The van der Waals surface area contributed by atoms with E-state index in [4.69, 9.17) is 28.4 Å². The third kappa shape index (κ3) is 8.75. The van der Waals surface area contributed by atoms with E-state index in [0.29, 0.717) is 50.5 Å². The van der Waals surface area contributed by atoms with Crippen LogP contribution < -0.4 is 20.1 Å². The zero-order chi connectivity index (χ0) is 37.9. The summed E-state index contributed by atoms with van der Waals surface area (Å²) in [5.41, 5.74) is 0.219. The second-order valence-corrected chi connectivity index (χ2v) is 15.6. The van der Waals surface area contributed by atoms with Gasteiger partial charge in [-0.05, 0) is 65.0 Å². The summed E-state index contributed by atoms with van der Waals surface area (Å²) < 4.78 is 35.0. The number of alkyl carbamates (subject to hydrolysis) is 1. The lowest BCUT2D eigenvalue weighted by atomic mass is 10.0. The normalized spacial score (nSPS) is 27.7. The molecule has 5 atom stereocenters. The van der Waals surface area contributed by atoms with Gasteiger partial charge < -0.3 is 44.0 Å². The fraction of sp³-hybridized carbons (Fsp3) is 0.641. The molecule has 4 heterocycles. The summed E-state index contributed by atoms with van der Waals surface area (Å²) in [5, 5.41) is 5.88. The first-order valence-electron chi connectivity index (χ1n) is 18.8. The number of amides is 4. The molecule has 14 nitrogen and oxygen atoms in total. The van der Waals surface area contributed by atoms with Crippen molar-refractivity contribution < 1.29 is 47.6 Å². The number of hydrogen-bond acceptors (Lipinski definition) is 10. The van der Waals surface area contributed by atoms with Crippen molar-refractivity contribution in [2.24, 2.45) is 5.92 Å². The van der Waals surface area contributed by atoms with Crippen molar-refractivity contribution >= 4 is 24.0 Å². The zero-order valence-electron chi connectivity index (χ0n) is 31.4. The molecule has 0 spiro atoms. The highest BCUT2D eigenvalue weighted by molar-refractivity contribution is 5.92. The van der Waals surface area contributed by atoms with Crippen molar-refractivity contribution in [3.63, 3.8) is 0 Å². The first-order chi connectivity index (χ1) is 25.3. The molecule has 6 rings (SSSR count). The lowest BCUT2D eigenvalue weighted by Gasteiger charge is -2.41. The van der Waals surface area contributed by atoms with Gasteiger partial charge in [0.25, 0.3) is 0 Å². The molecule has 4 amide bonds. The molecule has 1 aliphatic carbocycles. The molecule has 290 valence electrons. The fourth-order valence-electron chi connectivity index (χ4n) is 7.54.